The molecule has 0 atom stereocenters. The summed E-state index contributed by atoms with van der Waals surface area (Å²) in [7, 11) is 3.72. The zero-order chi connectivity index (χ0) is 16.2. The van der Waals surface area contributed by atoms with Gasteiger partial charge in [-0.15, -0.1) is 10.2 Å². The first-order valence-corrected chi connectivity index (χ1v) is 8.66. The third-order valence-electron chi connectivity index (χ3n) is 3.59. The van der Waals surface area contributed by atoms with Crippen LogP contribution in [0.2, 0.25) is 5.02 Å². The van der Waals surface area contributed by atoms with Crippen LogP contribution in [0.5, 0.6) is 0 Å². The Labute approximate surface area is 143 Å². The Balaban J connectivity index is 1.71. The predicted octanol–water partition coefficient (Wildman–Crippen LogP) is 3.15. The molecule has 122 valence electrons. The number of halogens is 1. The highest BCUT2D eigenvalue weighted by molar-refractivity contribution is 7.98. The van der Waals surface area contributed by atoms with E-state index in [1.807, 2.05) is 29.8 Å². The molecule has 0 aliphatic heterocycles. The van der Waals surface area contributed by atoms with Crippen molar-refractivity contribution in [3.63, 3.8) is 0 Å². The maximum Gasteiger partial charge on any atom is 0.191 e. The molecule has 3 rings (SSSR count). The summed E-state index contributed by atoms with van der Waals surface area (Å²) >= 11 is 7.66. The van der Waals surface area contributed by atoms with Gasteiger partial charge in [0.1, 0.15) is 12.2 Å². The molecule has 23 heavy (non-hydrogen) atoms. The summed E-state index contributed by atoms with van der Waals surface area (Å²) in [6.45, 7) is 1.58. The summed E-state index contributed by atoms with van der Waals surface area (Å²) in [5.41, 5.74) is 1.99. The topological polar surface area (TPSA) is 57.8 Å². The molecule has 3 aromatic rings. The molecular weight excluding hydrogens is 334 g/mol. The molecule has 2 heterocycles. The highest BCUT2D eigenvalue weighted by Crippen LogP contribution is 2.24. The first-order chi connectivity index (χ1) is 11.2. The minimum absolute atomic E-state index is 0.702. The first-order valence-electron chi connectivity index (χ1n) is 7.29. The van der Waals surface area contributed by atoms with Crippen LogP contribution in [-0.2, 0) is 24.1 Å². The van der Waals surface area contributed by atoms with Crippen LogP contribution in [0.4, 0.5) is 0 Å². The van der Waals surface area contributed by atoms with E-state index in [-0.39, 0.29) is 0 Å². The van der Waals surface area contributed by atoms with Gasteiger partial charge in [0, 0.05) is 32.3 Å². The Morgan fingerprint density at radius 1 is 1.35 bits per heavy atom. The van der Waals surface area contributed by atoms with E-state index in [4.69, 9.17) is 16.3 Å². The fraction of sp³-hybridized carbons (Fsp3) is 0.400. The molecule has 0 aliphatic rings. The van der Waals surface area contributed by atoms with E-state index < -0.39 is 0 Å². The van der Waals surface area contributed by atoms with Gasteiger partial charge in [-0.2, -0.15) is 0 Å². The lowest BCUT2D eigenvalue weighted by Gasteiger charge is -2.06. The van der Waals surface area contributed by atoms with Crippen molar-refractivity contribution in [1.29, 1.82) is 0 Å². The van der Waals surface area contributed by atoms with Crippen molar-refractivity contribution in [3.05, 3.63) is 35.4 Å². The molecule has 0 amide bonds. The largest absolute Gasteiger partial charge is 0.385 e. The molecular formula is C15H18ClN5OS. The zero-order valence-corrected chi connectivity index (χ0v) is 14.6. The molecule has 0 unspecified atom stereocenters. The van der Waals surface area contributed by atoms with Crippen molar-refractivity contribution >= 4 is 34.4 Å². The molecule has 2 aromatic heterocycles. The number of ether oxygens (including phenoxy) is 1. The molecule has 0 N–H and O–H groups in total. The van der Waals surface area contributed by atoms with E-state index in [1.165, 1.54) is 0 Å². The lowest BCUT2D eigenvalue weighted by atomic mass is 10.3. The van der Waals surface area contributed by atoms with Gasteiger partial charge in [-0.1, -0.05) is 23.4 Å². The Bertz CT molecular complexity index is 800. The quantitative estimate of drug-likeness (QED) is 0.483. The number of thioether (sulfide) groups is 1. The Morgan fingerprint density at radius 3 is 3.04 bits per heavy atom. The van der Waals surface area contributed by atoms with E-state index in [1.54, 1.807) is 25.2 Å². The van der Waals surface area contributed by atoms with Crippen LogP contribution in [0, 0.1) is 0 Å². The van der Waals surface area contributed by atoms with Crippen molar-refractivity contribution in [2.24, 2.45) is 7.05 Å². The maximum absolute atomic E-state index is 6.03. The normalized spacial score (nSPS) is 11.4. The van der Waals surface area contributed by atoms with Crippen molar-refractivity contribution in [1.82, 2.24) is 24.3 Å². The van der Waals surface area contributed by atoms with Gasteiger partial charge < -0.3 is 13.9 Å². The number of aromatic nitrogens is 5. The maximum atomic E-state index is 6.03. The Hall–Kier alpha value is -1.57. The van der Waals surface area contributed by atoms with Crippen LogP contribution in [0.15, 0.2) is 29.7 Å². The monoisotopic (exact) mass is 351 g/mol. The highest BCUT2D eigenvalue weighted by atomic mass is 35.5. The van der Waals surface area contributed by atoms with Gasteiger partial charge in [-0.05, 0) is 24.6 Å². The molecule has 0 fully saturated rings. The third-order valence-corrected chi connectivity index (χ3v) is 4.81. The fourth-order valence-corrected chi connectivity index (χ4v) is 3.46. The number of benzene rings is 1. The average molecular weight is 352 g/mol. The molecule has 0 bridgehead atoms. The third kappa shape index (κ3) is 3.68. The summed E-state index contributed by atoms with van der Waals surface area (Å²) in [5, 5.41) is 9.78. The van der Waals surface area contributed by atoms with Crippen molar-refractivity contribution in [2.45, 2.75) is 23.9 Å². The van der Waals surface area contributed by atoms with Crippen molar-refractivity contribution in [2.75, 3.05) is 13.7 Å². The number of nitrogens with zero attached hydrogens (tertiary/aromatic N) is 5. The van der Waals surface area contributed by atoms with Crippen molar-refractivity contribution < 1.29 is 4.74 Å². The minimum atomic E-state index is 0.702. The van der Waals surface area contributed by atoms with Crippen LogP contribution in [-0.4, -0.2) is 38.0 Å². The van der Waals surface area contributed by atoms with E-state index >= 15 is 0 Å². The number of imidazole rings is 1. The molecule has 6 nitrogen and oxygen atoms in total. The highest BCUT2D eigenvalue weighted by Gasteiger charge is 2.11. The standard InChI is InChI=1S/C15H18ClN5OS/c1-20-13-5-4-11(16)8-12(13)18-14(20)9-23-15-19-17-10-21(15)6-3-7-22-2/h4-5,8,10H,3,6-7,9H2,1-2H3. The van der Waals surface area contributed by atoms with Gasteiger partial charge in [0.2, 0.25) is 0 Å². The Kier molecular flexibility index (Phi) is 5.20. The van der Waals surface area contributed by atoms with Gasteiger partial charge in [0.15, 0.2) is 5.16 Å². The number of hydrogen-bond donors (Lipinski definition) is 0. The second-order valence-electron chi connectivity index (χ2n) is 5.16. The summed E-state index contributed by atoms with van der Waals surface area (Å²) in [5.74, 6) is 1.71. The van der Waals surface area contributed by atoms with Crippen molar-refractivity contribution in [3.8, 4) is 0 Å². The van der Waals surface area contributed by atoms with Crippen LogP contribution >= 0.6 is 23.4 Å². The summed E-state index contributed by atoms with van der Waals surface area (Å²) in [6.07, 6.45) is 2.69. The molecule has 0 saturated carbocycles. The number of methoxy groups -OCH3 is 1. The predicted molar refractivity (Wildman–Crippen MR) is 91.8 cm³/mol. The molecule has 0 aliphatic carbocycles. The lowest BCUT2D eigenvalue weighted by molar-refractivity contribution is 0.189. The average Bonchev–Trinajstić information content (AvgIpc) is 3.10. The zero-order valence-electron chi connectivity index (χ0n) is 13.1. The number of hydrogen-bond acceptors (Lipinski definition) is 5. The van der Waals surface area contributed by atoms with E-state index in [0.29, 0.717) is 5.02 Å². The second-order valence-corrected chi connectivity index (χ2v) is 6.54. The first kappa shape index (κ1) is 16.3. The molecule has 0 saturated heterocycles. The number of rotatable bonds is 7. The molecule has 0 spiro atoms. The van der Waals surface area contributed by atoms with Crippen LogP contribution in [0.3, 0.4) is 0 Å². The molecule has 0 radical (unpaired) electrons. The smallest absolute Gasteiger partial charge is 0.191 e. The molecule has 1 aromatic carbocycles. The van der Waals surface area contributed by atoms with Gasteiger partial charge in [-0.25, -0.2) is 4.98 Å². The minimum Gasteiger partial charge on any atom is -0.385 e. The van der Waals surface area contributed by atoms with Crippen LogP contribution in [0.25, 0.3) is 11.0 Å². The summed E-state index contributed by atoms with van der Waals surface area (Å²) in [4.78, 5) is 4.66. The SMILES string of the molecule is COCCCn1cnnc1SCc1nc2cc(Cl)ccc2n1C. The lowest BCUT2D eigenvalue weighted by Crippen LogP contribution is -2.03. The number of fused-ring (bicyclic) bond motifs is 1. The van der Waals surface area contributed by atoms with E-state index in [2.05, 4.69) is 19.7 Å². The van der Waals surface area contributed by atoms with E-state index in [9.17, 15) is 0 Å². The second kappa shape index (κ2) is 7.33. The van der Waals surface area contributed by atoms with Crippen LogP contribution in [0.1, 0.15) is 12.2 Å². The van der Waals surface area contributed by atoms with Gasteiger partial charge in [-0.3, -0.25) is 0 Å². The Morgan fingerprint density at radius 2 is 2.22 bits per heavy atom. The van der Waals surface area contributed by atoms with Gasteiger partial charge >= 0.3 is 0 Å². The van der Waals surface area contributed by atoms with Crippen LogP contribution < -0.4 is 0 Å². The van der Waals surface area contributed by atoms with E-state index in [0.717, 1.165) is 47.3 Å². The number of aryl methyl sites for hydroxylation is 2. The van der Waals surface area contributed by atoms with Gasteiger partial charge in [0.05, 0.1) is 16.8 Å². The fourth-order valence-electron chi connectivity index (χ4n) is 2.37. The summed E-state index contributed by atoms with van der Waals surface area (Å²) < 4.78 is 9.22. The summed E-state index contributed by atoms with van der Waals surface area (Å²) in [6, 6.07) is 5.76. The van der Waals surface area contributed by atoms with Gasteiger partial charge in [0.25, 0.3) is 0 Å². The molecule has 8 heteroatoms.